The van der Waals surface area contributed by atoms with E-state index in [0.29, 0.717) is 13.1 Å². The Morgan fingerprint density at radius 3 is 2.07 bits per heavy atom. The number of hydrogen-bond acceptors (Lipinski definition) is 3. The predicted octanol–water partition coefficient (Wildman–Crippen LogP) is 2.49. The normalized spacial score (nSPS) is 19.0. The summed E-state index contributed by atoms with van der Waals surface area (Å²) in [4.78, 5) is 41.5. The van der Waals surface area contributed by atoms with E-state index < -0.39 is 6.03 Å². The zero-order valence-electron chi connectivity index (χ0n) is 16.6. The summed E-state index contributed by atoms with van der Waals surface area (Å²) < 4.78 is 0. The minimum atomic E-state index is -0.405. The van der Waals surface area contributed by atoms with Crippen molar-refractivity contribution in [2.45, 2.75) is 18.3 Å². The highest BCUT2D eigenvalue weighted by Crippen LogP contribution is 2.40. The monoisotopic (exact) mass is 391 g/mol. The van der Waals surface area contributed by atoms with Gasteiger partial charge >= 0.3 is 6.03 Å². The highest BCUT2D eigenvalue weighted by Gasteiger charge is 2.42. The number of imide groups is 1. The molecule has 2 aromatic carbocycles. The van der Waals surface area contributed by atoms with Gasteiger partial charge in [0.1, 0.15) is 13.1 Å². The summed E-state index contributed by atoms with van der Waals surface area (Å²) in [7, 11) is 1.57. The fourth-order valence-electron chi connectivity index (χ4n) is 4.48. The van der Waals surface area contributed by atoms with E-state index >= 15 is 0 Å². The van der Waals surface area contributed by atoms with Crippen molar-refractivity contribution in [3.63, 3.8) is 0 Å². The molecule has 2 heterocycles. The van der Waals surface area contributed by atoms with Gasteiger partial charge < -0.3 is 9.80 Å². The van der Waals surface area contributed by atoms with Crippen molar-refractivity contribution < 1.29 is 14.4 Å². The molecule has 2 aliphatic rings. The molecular weight excluding hydrogens is 366 g/mol. The van der Waals surface area contributed by atoms with Crippen molar-refractivity contribution in [2.24, 2.45) is 0 Å². The molecule has 0 saturated carbocycles. The van der Waals surface area contributed by atoms with E-state index in [1.807, 2.05) is 41.3 Å². The molecule has 0 atom stereocenters. The summed E-state index contributed by atoms with van der Waals surface area (Å²) >= 11 is 0. The number of urea groups is 1. The van der Waals surface area contributed by atoms with Gasteiger partial charge in [-0.25, -0.2) is 4.79 Å². The first-order valence-electron chi connectivity index (χ1n) is 9.95. The molecule has 0 N–H and O–H groups in total. The lowest BCUT2D eigenvalue weighted by Gasteiger charge is -2.44. The van der Waals surface area contributed by atoms with Crippen LogP contribution in [-0.4, -0.2) is 65.8 Å². The number of likely N-dealkylation sites (tertiary alicyclic amines) is 1. The van der Waals surface area contributed by atoms with Crippen LogP contribution < -0.4 is 0 Å². The molecule has 6 nitrogen and oxygen atoms in total. The average molecular weight is 391 g/mol. The topological polar surface area (TPSA) is 60.9 Å². The first-order chi connectivity index (χ1) is 14.0. The first kappa shape index (κ1) is 19.2. The Balaban J connectivity index is 1.61. The summed E-state index contributed by atoms with van der Waals surface area (Å²) in [6.45, 7) is 1.00. The molecule has 0 radical (unpaired) electrons. The number of benzene rings is 2. The average Bonchev–Trinajstić information content (AvgIpc) is 3.01. The summed E-state index contributed by atoms with van der Waals surface area (Å²) in [6.07, 6.45) is 1.80. The number of likely N-dealkylation sites (N-methyl/N-ethyl adjacent to an activating group) is 1. The molecular formula is C23H25N3O3. The van der Waals surface area contributed by atoms with Crippen LogP contribution in [0.5, 0.6) is 0 Å². The van der Waals surface area contributed by atoms with Crippen molar-refractivity contribution in [1.29, 1.82) is 0 Å². The van der Waals surface area contributed by atoms with E-state index in [4.69, 9.17) is 0 Å². The number of nitrogens with zero attached hydrogens (tertiary/aromatic N) is 3. The minimum absolute atomic E-state index is 0.0318. The predicted molar refractivity (Wildman–Crippen MR) is 109 cm³/mol. The van der Waals surface area contributed by atoms with Crippen molar-refractivity contribution in [1.82, 2.24) is 14.7 Å². The maximum absolute atomic E-state index is 13.1. The first-order valence-corrected chi connectivity index (χ1v) is 9.95. The van der Waals surface area contributed by atoms with Gasteiger partial charge in [0, 0.05) is 25.6 Å². The highest BCUT2D eigenvalue weighted by molar-refractivity contribution is 6.04. The van der Waals surface area contributed by atoms with E-state index in [-0.39, 0.29) is 30.3 Å². The number of carbonyl (C=O) groups excluding carboxylic acids is 3. The van der Waals surface area contributed by atoms with Crippen LogP contribution in [0.4, 0.5) is 4.79 Å². The number of rotatable bonds is 4. The van der Waals surface area contributed by atoms with E-state index in [2.05, 4.69) is 24.3 Å². The standard InChI is InChI=1S/C23H25N3O3/c1-24-15-21(28)26(22(24)29)16-20(27)25-14-8-13-23(17-25,18-9-4-2-5-10-18)19-11-6-3-7-12-19/h2-7,9-12H,8,13-17H2,1H3. The molecule has 2 aromatic rings. The Bertz CT molecular complexity index is 874. The molecule has 2 aliphatic heterocycles. The second-order valence-corrected chi connectivity index (χ2v) is 7.85. The van der Waals surface area contributed by atoms with Crippen molar-refractivity contribution in [3.05, 3.63) is 71.8 Å². The van der Waals surface area contributed by atoms with E-state index in [1.54, 1.807) is 7.05 Å². The van der Waals surface area contributed by atoms with Gasteiger partial charge in [-0.1, -0.05) is 60.7 Å². The molecule has 6 heteroatoms. The molecule has 29 heavy (non-hydrogen) atoms. The van der Waals surface area contributed by atoms with Gasteiger partial charge in [0.15, 0.2) is 0 Å². The zero-order chi connectivity index (χ0) is 20.4. The van der Waals surface area contributed by atoms with Crippen molar-refractivity contribution in [2.75, 3.05) is 33.2 Å². The van der Waals surface area contributed by atoms with Crippen molar-refractivity contribution in [3.8, 4) is 0 Å². The number of piperidine rings is 1. The quantitative estimate of drug-likeness (QED) is 0.753. The number of amides is 4. The molecule has 0 aromatic heterocycles. The largest absolute Gasteiger partial charge is 0.340 e. The van der Waals surface area contributed by atoms with Crippen LogP contribution in [0.2, 0.25) is 0 Å². The third-order valence-corrected chi connectivity index (χ3v) is 6.02. The fraction of sp³-hybridized carbons (Fsp3) is 0.348. The van der Waals surface area contributed by atoms with E-state index in [0.717, 1.165) is 17.7 Å². The van der Waals surface area contributed by atoms with Gasteiger partial charge in [0.05, 0.1) is 0 Å². The molecule has 4 amide bonds. The smallest absolute Gasteiger partial charge is 0.327 e. The van der Waals surface area contributed by atoms with Gasteiger partial charge in [0.25, 0.3) is 5.91 Å². The van der Waals surface area contributed by atoms with Gasteiger partial charge in [-0.15, -0.1) is 0 Å². The highest BCUT2D eigenvalue weighted by atomic mass is 16.2. The second-order valence-electron chi connectivity index (χ2n) is 7.85. The molecule has 4 rings (SSSR count). The zero-order valence-corrected chi connectivity index (χ0v) is 16.6. The lowest BCUT2D eigenvalue weighted by molar-refractivity contribution is -0.137. The molecule has 0 unspecified atom stereocenters. The summed E-state index contributed by atoms with van der Waals surface area (Å²) in [6, 6.07) is 20.1. The molecule has 2 saturated heterocycles. The number of hydrogen-bond donors (Lipinski definition) is 0. The van der Waals surface area contributed by atoms with E-state index in [9.17, 15) is 14.4 Å². The molecule has 0 spiro atoms. The van der Waals surface area contributed by atoms with E-state index in [1.165, 1.54) is 16.0 Å². The van der Waals surface area contributed by atoms with Crippen LogP contribution in [-0.2, 0) is 15.0 Å². The number of carbonyl (C=O) groups is 3. The summed E-state index contributed by atoms with van der Waals surface area (Å²) in [5, 5.41) is 0. The molecule has 150 valence electrons. The van der Waals surface area contributed by atoms with Crippen molar-refractivity contribution >= 4 is 17.8 Å². The third kappa shape index (κ3) is 3.50. The van der Waals surface area contributed by atoms with Crippen LogP contribution in [0.25, 0.3) is 0 Å². The van der Waals surface area contributed by atoms with Gasteiger partial charge in [-0.3, -0.25) is 14.5 Å². The van der Waals surface area contributed by atoms with Crippen LogP contribution >= 0.6 is 0 Å². The minimum Gasteiger partial charge on any atom is -0.340 e. The summed E-state index contributed by atoms with van der Waals surface area (Å²) in [5.74, 6) is -0.502. The SMILES string of the molecule is CN1CC(=O)N(CC(=O)N2CCCC(c3ccccc3)(c3ccccc3)C2)C1=O. The van der Waals surface area contributed by atoms with Crippen LogP contribution in [0.15, 0.2) is 60.7 Å². The lowest BCUT2D eigenvalue weighted by Crippen LogP contribution is -2.52. The van der Waals surface area contributed by atoms with Crippen LogP contribution in [0, 0.1) is 0 Å². The molecule has 0 aliphatic carbocycles. The second kappa shape index (κ2) is 7.70. The Morgan fingerprint density at radius 2 is 1.55 bits per heavy atom. The molecule has 0 bridgehead atoms. The maximum Gasteiger partial charge on any atom is 0.327 e. The van der Waals surface area contributed by atoms with Gasteiger partial charge in [-0.2, -0.15) is 0 Å². The Morgan fingerprint density at radius 1 is 0.966 bits per heavy atom. The fourth-order valence-corrected chi connectivity index (χ4v) is 4.48. The van der Waals surface area contributed by atoms with Gasteiger partial charge in [-0.05, 0) is 24.0 Å². The van der Waals surface area contributed by atoms with Crippen LogP contribution in [0.3, 0.4) is 0 Å². The third-order valence-electron chi connectivity index (χ3n) is 6.02. The lowest BCUT2D eigenvalue weighted by atomic mass is 9.69. The van der Waals surface area contributed by atoms with Gasteiger partial charge in [0.2, 0.25) is 5.91 Å². The molecule has 2 fully saturated rings. The Labute approximate surface area is 170 Å². The van der Waals surface area contributed by atoms with Crippen LogP contribution in [0.1, 0.15) is 24.0 Å². The maximum atomic E-state index is 13.1. The Hall–Kier alpha value is -3.15. The summed E-state index contributed by atoms with van der Waals surface area (Å²) in [5.41, 5.74) is 2.06. The Kier molecular flexibility index (Phi) is 5.09.